The number of nitrogens with two attached hydrogens (primary N) is 1. The molecule has 1 aromatic heterocycles. The predicted octanol–water partition coefficient (Wildman–Crippen LogP) is 2.09. The maximum absolute atomic E-state index is 13.4. The van der Waals surface area contributed by atoms with Gasteiger partial charge in [0.05, 0.1) is 17.4 Å². The van der Waals surface area contributed by atoms with E-state index in [0.717, 1.165) is 28.1 Å². The Labute approximate surface area is 111 Å². The van der Waals surface area contributed by atoms with E-state index >= 15 is 0 Å². The van der Waals surface area contributed by atoms with Crippen molar-refractivity contribution in [2.24, 2.45) is 5.84 Å². The van der Waals surface area contributed by atoms with Crippen LogP contribution in [0, 0.1) is 26.6 Å². The topological polar surface area (TPSA) is 63.8 Å². The number of aromatic nitrogens is 2. The maximum atomic E-state index is 13.4. The molecule has 0 amide bonds. The minimum absolute atomic E-state index is 0.280. The van der Waals surface area contributed by atoms with Gasteiger partial charge in [-0.1, -0.05) is 6.07 Å². The Hall–Kier alpha value is -1.85. The van der Waals surface area contributed by atoms with Crippen LogP contribution < -0.4 is 11.3 Å². The molecule has 0 aliphatic rings. The summed E-state index contributed by atoms with van der Waals surface area (Å²) in [4.78, 5) is 0. The fraction of sp³-hybridized carbons (Fsp3) is 0.286. The summed E-state index contributed by atoms with van der Waals surface area (Å²) in [5.41, 5.74) is 6.99. The van der Waals surface area contributed by atoms with Crippen LogP contribution in [-0.2, 0) is 0 Å². The number of hydrogen-bond donors (Lipinski definition) is 2. The molecular formula is C14H17FN4. The molecule has 1 aromatic carbocycles. The van der Waals surface area contributed by atoms with Gasteiger partial charge in [0.25, 0.3) is 0 Å². The lowest BCUT2D eigenvalue weighted by atomic mass is 9.94. The van der Waals surface area contributed by atoms with Crippen LogP contribution in [0.15, 0.2) is 24.3 Å². The number of rotatable bonds is 3. The average Bonchev–Trinajstić information content (AvgIpc) is 2.38. The second-order valence-electron chi connectivity index (χ2n) is 4.63. The zero-order valence-corrected chi connectivity index (χ0v) is 11.2. The van der Waals surface area contributed by atoms with E-state index in [1.165, 1.54) is 12.1 Å². The molecule has 1 unspecified atom stereocenters. The number of aryl methyl sites for hydroxylation is 3. The normalized spacial score (nSPS) is 12.5. The Morgan fingerprint density at radius 3 is 2.53 bits per heavy atom. The second kappa shape index (κ2) is 5.42. The third-order valence-corrected chi connectivity index (χ3v) is 3.17. The van der Waals surface area contributed by atoms with E-state index in [1.807, 2.05) is 26.8 Å². The number of halogens is 1. The third-order valence-electron chi connectivity index (χ3n) is 3.17. The zero-order chi connectivity index (χ0) is 14.0. The van der Waals surface area contributed by atoms with E-state index < -0.39 is 0 Å². The van der Waals surface area contributed by atoms with Gasteiger partial charge in [0.1, 0.15) is 5.82 Å². The quantitative estimate of drug-likeness (QED) is 0.655. The van der Waals surface area contributed by atoms with Gasteiger partial charge in [-0.2, -0.15) is 10.2 Å². The second-order valence-corrected chi connectivity index (χ2v) is 4.63. The van der Waals surface area contributed by atoms with Crippen molar-refractivity contribution in [1.82, 2.24) is 15.6 Å². The van der Waals surface area contributed by atoms with Crippen LogP contribution in [0.4, 0.5) is 4.39 Å². The molecule has 0 spiro atoms. The van der Waals surface area contributed by atoms with Crippen molar-refractivity contribution < 1.29 is 4.39 Å². The van der Waals surface area contributed by atoms with E-state index in [0.29, 0.717) is 0 Å². The predicted molar refractivity (Wildman–Crippen MR) is 71.8 cm³/mol. The minimum Gasteiger partial charge on any atom is -0.271 e. The van der Waals surface area contributed by atoms with Gasteiger partial charge in [0.15, 0.2) is 0 Å². The fourth-order valence-electron chi connectivity index (χ4n) is 2.13. The molecule has 19 heavy (non-hydrogen) atoms. The van der Waals surface area contributed by atoms with Crippen molar-refractivity contribution in [3.63, 3.8) is 0 Å². The summed E-state index contributed by atoms with van der Waals surface area (Å²) in [6.07, 6.45) is 0. The van der Waals surface area contributed by atoms with E-state index in [2.05, 4.69) is 15.6 Å². The summed E-state index contributed by atoms with van der Waals surface area (Å²) >= 11 is 0. The molecule has 0 aliphatic heterocycles. The van der Waals surface area contributed by atoms with Crippen molar-refractivity contribution in [3.05, 3.63) is 58.2 Å². The van der Waals surface area contributed by atoms with Gasteiger partial charge in [-0.05, 0) is 55.7 Å². The highest BCUT2D eigenvalue weighted by molar-refractivity contribution is 5.38. The SMILES string of the molecule is Cc1cc(C(NN)c2cc(F)ccc2C)c(C)nn1. The Kier molecular flexibility index (Phi) is 3.87. The lowest BCUT2D eigenvalue weighted by Crippen LogP contribution is -2.30. The van der Waals surface area contributed by atoms with Crippen LogP contribution in [0.3, 0.4) is 0 Å². The van der Waals surface area contributed by atoms with Crippen LogP contribution in [-0.4, -0.2) is 10.2 Å². The molecule has 3 N–H and O–H groups in total. The van der Waals surface area contributed by atoms with Crippen molar-refractivity contribution in [3.8, 4) is 0 Å². The summed E-state index contributed by atoms with van der Waals surface area (Å²) in [6.45, 7) is 5.65. The van der Waals surface area contributed by atoms with Gasteiger partial charge in [-0.15, -0.1) is 0 Å². The van der Waals surface area contributed by atoms with Crippen molar-refractivity contribution >= 4 is 0 Å². The van der Waals surface area contributed by atoms with Crippen molar-refractivity contribution in [2.75, 3.05) is 0 Å². The standard InChI is InChI=1S/C14H17FN4/c1-8-4-5-11(15)7-12(8)14(17-16)13-6-9(2)18-19-10(13)3/h4-7,14,17H,16H2,1-3H3. The number of nitrogens with one attached hydrogen (secondary N) is 1. The molecule has 0 fully saturated rings. The molecule has 5 heteroatoms. The number of nitrogens with zero attached hydrogens (tertiary/aromatic N) is 2. The Balaban J connectivity index is 2.55. The van der Waals surface area contributed by atoms with Gasteiger partial charge in [-0.25, -0.2) is 9.82 Å². The molecule has 2 rings (SSSR count). The Morgan fingerprint density at radius 1 is 1.11 bits per heavy atom. The highest BCUT2D eigenvalue weighted by Crippen LogP contribution is 2.26. The van der Waals surface area contributed by atoms with E-state index in [4.69, 9.17) is 5.84 Å². The molecule has 0 radical (unpaired) electrons. The highest BCUT2D eigenvalue weighted by Gasteiger charge is 2.18. The highest BCUT2D eigenvalue weighted by atomic mass is 19.1. The monoisotopic (exact) mass is 260 g/mol. The lowest BCUT2D eigenvalue weighted by molar-refractivity contribution is 0.598. The molecule has 0 saturated heterocycles. The van der Waals surface area contributed by atoms with Gasteiger partial charge in [0, 0.05) is 0 Å². The molecule has 4 nitrogen and oxygen atoms in total. The van der Waals surface area contributed by atoms with Crippen LogP contribution in [0.5, 0.6) is 0 Å². The third kappa shape index (κ3) is 2.77. The van der Waals surface area contributed by atoms with Crippen LogP contribution in [0.1, 0.15) is 34.1 Å². The Morgan fingerprint density at radius 2 is 1.84 bits per heavy atom. The molecule has 1 atom stereocenters. The first-order valence-electron chi connectivity index (χ1n) is 6.06. The van der Waals surface area contributed by atoms with Crippen molar-refractivity contribution in [2.45, 2.75) is 26.8 Å². The first-order chi connectivity index (χ1) is 9.02. The summed E-state index contributed by atoms with van der Waals surface area (Å²) in [7, 11) is 0. The van der Waals surface area contributed by atoms with E-state index in [1.54, 1.807) is 6.07 Å². The fourth-order valence-corrected chi connectivity index (χ4v) is 2.13. The number of hydrogen-bond acceptors (Lipinski definition) is 4. The lowest BCUT2D eigenvalue weighted by Gasteiger charge is -2.20. The first-order valence-corrected chi connectivity index (χ1v) is 6.06. The number of benzene rings is 1. The molecular weight excluding hydrogens is 243 g/mol. The Bertz CT molecular complexity index is 546. The number of hydrazine groups is 1. The van der Waals surface area contributed by atoms with E-state index in [9.17, 15) is 4.39 Å². The van der Waals surface area contributed by atoms with Crippen LogP contribution >= 0.6 is 0 Å². The molecule has 100 valence electrons. The molecule has 0 saturated carbocycles. The van der Waals surface area contributed by atoms with Gasteiger partial charge in [0.2, 0.25) is 0 Å². The van der Waals surface area contributed by atoms with Gasteiger partial charge < -0.3 is 0 Å². The van der Waals surface area contributed by atoms with E-state index in [-0.39, 0.29) is 11.9 Å². The van der Waals surface area contributed by atoms with Crippen molar-refractivity contribution in [1.29, 1.82) is 0 Å². The summed E-state index contributed by atoms with van der Waals surface area (Å²) < 4.78 is 13.4. The first kappa shape index (κ1) is 13.6. The molecule has 0 bridgehead atoms. The zero-order valence-electron chi connectivity index (χ0n) is 11.2. The minimum atomic E-state index is -0.301. The van der Waals surface area contributed by atoms with Crippen LogP contribution in [0.2, 0.25) is 0 Å². The summed E-state index contributed by atoms with van der Waals surface area (Å²) in [5.74, 6) is 5.37. The smallest absolute Gasteiger partial charge is 0.123 e. The maximum Gasteiger partial charge on any atom is 0.123 e. The summed E-state index contributed by atoms with van der Waals surface area (Å²) in [6, 6.07) is 6.29. The van der Waals surface area contributed by atoms with Crippen LogP contribution in [0.25, 0.3) is 0 Å². The van der Waals surface area contributed by atoms with Gasteiger partial charge in [-0.3, -0.25) is 5.84 Å². The molecule has 0 aliphatic carbocycles. The molecule has 1 heterocycles. The largest absolute Gasteiger partial charge is 0.271 e. The van der Waals surface area contributed by atoms with Gasteiger partial charge >= 0.3 is 0 Å². The summed E-state index contributed by atoms with van der Waals surface area (Å²) in [5, 5.41) is 8.08. The molecule has 2 aromatic rings. The average molecular weight is 260 g/mol.